The minimum Gasteiger partial charge on any atom is -0.440 e. The van der Waals surface area contributed by atoms with Gasteiger partial charge in [-0.25, -0.2) is 13.9 Å². The molecule has 4 rings (SSSR count). The van der Waals surface area contributed by atoms with Gasteiger partial charge in [-0.15, -0.1) is 0 Å². The van der Waals surface area contributed by atoms with E-state index < -0.39 is 5.60 Å². The summed E-state index contributed by atoms with van der Waals surface area (Å²) in [6, 6.07) is 6.61. The zero-order chi connectivity index (χ0) is 17.4. The molecule has 0 N–H and O–H groups in total. The molecule has 132 valence electrons. The molecule has 0 bridgehead atoms. The molecule has 1 aromatic carbocycles. The second kappa shape index (κ2) is 6.15. The number of hydrogen-bond donors (Lipinski definition) is 0. The van der Waals surface area contributed by atoms with Gasteiger partial charge in [-0.3, -0.25) is 4.90 Å². The first kappa shape index (κ1) is 16.1. The van der Waals surface area contributed by atoms with E-state index in [1.54, 1.807) is 35.0 Å². The molecule has 2 aromatic rings. The zero-order valence-corrected chi connectivity index (χ0v) is 14.2. The zero-order valence-electron chi connectivity index (χ0n) is 14.2. The molecule has 3 heterocycles. The van der Waals surface area contributed by atoms with Crippen molar-refractivity contribution in [2.45, 2.75) is 25.0 Å². The highest BCUT2D eigenvalue weighted by molar-refractivity contribution is 5.70. The second-order valence-electron chi connectivity index (χ2n) is 6.94. The van der Waals surface area contributed by atoms with Crippen LogP contribution in [0.1, 0.15) is 18.4 Å². The summed E-state index contributed by atoms with van der Waals surface area (Å²) in [4.78, 5) is 15.7. The predicted octanol–water partition coefficient (Wildman–Crippen LogP) is 2.43. The van der Waals surface area contributed by atoms with Gasteiger partial charge in [-0.05, 0) is 49.2 Å². The number of carbonyl (C=O) groups is 1. The molecule has 1 unspecified atom stereocenters. The number of rotatable bonds is 3. The summed E-state index contributed by atoms with van der Waals surface area (Å²) < 4.78 is 21.2. The summed E-state index contributed by atoms with van der Waals surface area (Å²) in [6.45, 7) is 2.77. The van der Waals surface area contributed by atoms with Crippen LogP contribution in [0, 0.1) is 5.82 Å². The standard InChI is InChI=1S/C18H21FN4O2/c1-21-12-18(25-17(21)24)6-2-8-22(13-18)11-14-10-15(19)4-5-16(14)23-9-3-7-20-23/h3-5,7,9-10H,2,6,8,11-13H2,1H3. The fourth-order valence-corrected chi connectivity index (χ4v) is 3.89. The Labute approximate surface area is 145 Å². The van der Waals surface area contributed by atoms with Crippen molar-refractivity contribution in [2.24, 2.45) is 0 Å². The Morgan fingerprint density at radius 1 is 1.36 bits per heavy atom. The maximum atomic E-state index is 13.8. The van der Waals surface area contributed by atoms with Gasteiger partial charge < -0.3 is 9.64 Å². The third-order valence-electron chi connectivity index (χ3n) is 4.95. The summed E-state index contributed by atoms with van der Waals surface area (Å²) in [5.74, 6) is -0.260. The fraction of sp³-hybridized carbons (Fsp3) is 0.444. The van der Waals surface area contributed by atoms with E-state index in [9.17, 15) is 9.18 Å². The van der Waals surface area contributed by atoms with Crippen LogP contribution in [0.3, 0.4) is 0 Å². The number of nitrogens with zero attached hydrogens (tertiary/aromatic N) is 4. The minimum absolute atomic E-state index is 0.259. The highest BCUT2D eigenvalue weighted by atomic mass is 19.1. The summed E-state index contributed by atoms with van der Waals surface area (Å²) in [7, 11) is 1.76. The van der Waals surface area contributed by atoms with Crippen molar-refractivity contribution in [3.05, 3.63) is 48.0 Å². The van der Waals surface area contributed by atoms with Gasteiger partial charge in [-0.1, -0.05) is 0 Å². The van der Waals surface area contributed by atoms with E-state index >= 15 is 0 Å². The number of amides is 1. The monoisotopic (exact) mass is 344 g/mol. The summed E-state index contributed by atoms with van der Waals surface area (Å²) in [5.41, 5.74) is 1.30. The molecule has 2 aliphatic rings. The Kier molecular flexibility index (Phi) is 3.95. The van der Waals surface area contributed by atoms with Crippen molar-refractivity contribution >= 4 is 6.09 Å². The smallest absolute Gasteiger partial charge is 0.410 e. The topological polar surface area (TPSA) is 50.6 Å². The maximum Gasteiger partial charge on any atom is 0.410 e. The lowest BCUT2D eigenvalue weighted by Gasteiger charge is -2.38. The van der Waals surface area contributed by atoms with Crippen LogP contribution >= 0.6 is 0 Å². The normalized spacial score (nSPS) is 24.1. The third-order valence-corrected chi connectivity index (χ3v) is 4.95. The highest BCUT2D eigenvalue weighted by Crippen LogP contribution is 2.32. The Hall–Kier alpha value is -2.41. The van der Waals surface area contributed by atoms with E-state index in [-0.39, 0.29) is 11.9 Å². The molecule has 0 radical (unpaired) electrons. The van der Waals surface area contributed by atoms with E-state index in [0.29, 0.717) is 19.6 Å². The van der Waals surface area contributed by atoms with E-state index in [0.717, 1.165) is 30.6 Å². The molecule has 2 fully saturated rings. The lowest BCUT2D eigenvalue weighted by atomic mass is 9.92. The SMILES string of the molecule is CN1CC2(CCCN(Cc3cc(F)ccc3-n3cccn3)C2)OC1=O. The summed E-state index contributed by atoms with van der Waals surface area (Å²) in [6.07, 6.45) is 5.12. The second-order valence-corrected chi connectivity index (χ2v) is 6.94. The first-order chi connectivity index (χ1) is 12.0. The predicted molar refractivity (Wildman–Crippen MR) is 89.9 cm³/mol. The number of ether oxygens (including phenoxy) is 1. The molecule has 1 atom stereocenters. The molecule has 6 nitrogen and oxygen atoms in total. The molecule has 1 aromatic heterocycles. The van der Waals surface area contributed by atoms with Gasteiger partial charge in [-0.2, -0.15) is 5.10 Å². The lowest BCUT2D eigenvalue weighted by molar-refractivity contribution is -0.0113. The highest BCUT2D eigenvalue weighted by Gasteiger charge is 2.46. The number of hydrogen-bond acceptors (Lipinski definition) is 4. The molecule has 2 aliphatic heterocycles. The number of likely N-dealkylation sites (tertiary alicyclic amines) is 1. The van der Waals surface area contributed by atoms with Gasteiger partial charge in [0.2, 0.25) is 0 Å². The molecule has 25 heavy (non-hydrogen) atoms. The van der Waals surface area contributed by atoms with Crippen molar-refractivity contribution in [2.75, 3.05) is 26.7 Å². The first-order valence-corrected chi connectivity index (χ1v) is 8.50. The van der Waals surface area contributed by atoms with Gasteiger partial charge in [0, 0.05) is 32.5 Å². The van der Waals surface area contributed by atoms with Crippen LogP contribution in [0.4, 0.5) is 9.18 Å². The third kappa shape index (κ3) is 3.11. The average molecular weight is 344 g/mol. The van der Waals surface area contributed by atoms with Crippen LogP contribution in [0.2, 0.25) is 0 Å². The van der Waals surface area contributed by atoms with Crippen LogP contribution in [0.25, 0.3) is 5.69 Å². The van der Waals surface area contributed by atoms with E-state index in [1.807, 2.05) is 12.3 Å². The van der Waals surface area contributed by atoms with E-state index in [1.165, 1.54) is 6.07 Å². The molecule has 0 saturated carbocycles. The van der Waals surface area contributed by atoms with Gasteiger partial charge in [0.15, 0.2) is 0 Å². The van der Waals surface area contributed by atoms with Gasteiger partial charge in [0.05, 0.1) is 12.2 Å². The van der Waals surface area contributed by atoms with Crippen molar-refractivity contribution in [3.8, 4) is 5.69 Å². The molecule has 1 spiro atoms. The Morgan fingerprint density at radius 2 is 2.24 bits per heavy atom. The quantitative estimate of drug-likeness (QED) is 0.858. The minimum atomic E-state index is -0.441. The maximum absolute atomic E-state index is 13.8. The van der Waals surface area contributed by atoms with Gasteiger partial charge >= 0.3 is 6.09 Å². The number of carbonyl (C=O) groups excluding carboxylic acids is 1. The fourth-order valence-electron chi connectivity index (χ4n) is 3.89. The number of aromatic nitrogens is 2. The van der Waals surface area contributed by atoms with Crippen LogP contribution in [-0.4, -0.2) is 58.0 Å². The van der Waals surface area contributed by atoms with Gasteiger partial charge in [0.25, 0.3) is 0 Å². The van der Waals surface area contributed by atoms with Crippen LogP contribution in [0.5, 0.6) is 0 Å². The molecule has 1 amide bonds. The van der Waals surface area contributed by atoms with Crippen LogP contribution < -0.4 is 0 Å². The van der Waals surface area contributed by atoms with Gasteiger partial charge in [0.1, 0.15) is 11.4 Å². The molecule has 2 saturated heterocycles. The molecule has 7 heteroatoms. The molecular formula is C18H21FN4O2. The Bertz CT molecular complexity index is 779. The number of likely N-dealkylation sites (N-methyl/N-ethyl adjacent to an activating group) is 1. The lowest BCUT2D eigenvalue weighted by Crippen LogP contribution is -2.50. The van der Waals surface area contributed by atoms with Crippen molar-refractivity contribution < 1.29 is 13.9 Å². The van der Waals surface area contributed by atoms with Crippen molar-refractivity contribution in [1.29, 1.82) is 0 Å². The Balaban J connectivity index is 1.56. The first-order valence-electron chi connectivity index (χ1n) is 8.50. The largest absolute Gasteiger partial charge is 0.440 e. The van der Waals surface area contributed by atoms with E-state index in [2.05, 4.69) is 10.00 Å². The Morgan fingerprint density at radius 3 is 2.96 bits per heavy atom. The number of benzene rings is 1. The molecule has 0 aliphatic carbocycles. The summed E-state index contributed by atoms with van der Waals surface area (Å²) in [5, 5.41) is 4.26. The van der Waals surface area contributed by atoms with E-state index in [4.69, 9.17) is 4.74 Å². The van der Waals surface area contributed by atoms with Crippen LogP contribution in [-0.2, 0) is 11.3 Å². The van der Waals surface area contributed by atoms with Crippen molar-refractivity contribution in [1.82, 2.24) is 19.6 Å². The average Bonchev–Trinajstić information content (AvgIpc) is 3.17. The van der Waals surface area contributed by atoms with Crippen molar-refractivity contribution in [3.63, 3.8) is 0 Å². The van der Waals surface area contributed by atoms with Crippen LogP contribution in [0.15, 0.2) is 36.7 Å². The molecular weight excluding hydrogens is 323 g/mol. The summed E-state index contributed by atoms with van der Waals surface area (Å²) >= 11 is 0. The number of halogens is 1. The number of piperidine rings is 1.